The molecule has 2 aromatic rings. The Morgan fingerprint density at radius 1 is 1.54 bits per heavy atom. The standard InChI is InChI=1S/C8H8FN3O/c1-5(13)6-2-3-8-10-4-7(9)12(8)11-6/h2-5,13H,1H3. The zero-order chi connectivity index (χ0) is 9.42. The second-order valence-corrected chi connectivity index (χ2v) is 2.79. The number of imidazole rings is 1. The molecule has 13 heavy (non-hydrogen) atoms. The summed E-state index contributed by atoms with van der Waals surface area (Å²) in [5, 5.41) is 13.1. The van der Waals surface area contributed by atoms with E-state index in [0.29, 0.717) is 11.3 Å². The van der Waals surface area contributed by atoms with Crippen molar-refractivity contribution in [2.75, 3.05) is 0 Å². The van der Waals surface area contributed by atoms with E-state index >= 15 is 0 Å². The van der Waals surface area contributed by atoms with Crippen LogP contribution in [0.4, 0.5) is 4.39 Å². The molecule has 4 nitrogen and oxygen atoms in total. The number of halogens is 1. The van der Waals surface area contributed by atoms with E-state index in [-0.39, 0.29) is 0 Å². The Balaban J connectivity index is 2.66. The second kappa shape index (κ2) is 2.77. The minimum absolute atomic E-state index is 0.421. The maximum atomic E-state index is 12.9. The Morgan fingerprint density at radius 2 is 2.31 bits per heavy atom. The Morgan fingerprint density at radius 3 is 3.00 bits per heavy atom. The lowest BCUT2D eigenvalue weighted by molar-refractivity contribution is 0.192. The first-order chi connectivity index (χ1) is 6.18. The van der Waals surface area contributed by atoms with Crippen LogP contribution in [0.5, 0.6) is 0 Å². The molecule has 0 fully saturated rings. The van der Waals surface area contributed by atoms with Crippen LogP contribution in [0.2, 0.25) is 0 Å². The van der Waals surface area contributed by atoms with Gasteiger partial charge in [-0.3, -0.25) is 0 Å². The number of aromatic nitrogens is 3. The normalized spacial score (nSPS) is 13.5. The average molecular weight is 181 g/mol. The first-order valence-corrected chi connectivity index (χ1v) is 3.87. The van der Waals surface area contributed by atoms with Gasteiger partial charge < -0.3 is 5.11 Å². The molecular formula is C8H8FN3O. The van der Waals surface area contributed by atoms with Crippen LogP contribution in [-0.4, -0.2) is 19.7 Å². The topological polar surface area (TPSA) is 50.4 Å². The monoisotopic (exact) mass is 181 g/mol. The summed E-state index contributed by atoms with van der Waals surface area (Å²) in [5.41, 5.74) is 0.853. The van der Waals surface area contributed by atoms with Crippen molar-refractivity contribution in [2.24, 2.45) is 0 Å². The molecular weight excluding hydrogens is 173 g/mol. The lowest BCUT2D eigenvalue weighted by Gasteiger charge is -2.02. The average Bonchev–Trinajstić information content (AvgIpc) is 2.47. The molecule has 0 saturated heterocycles. The smallest absolute Gasteiger partial charge is 0.234 e. The van der Waals surface area contributed by atoms with Gasteiger partial charge in [-0.05, 0) is 19.1 Å². The number of rotatable bonds is 1. The van der Waals surface area contributed by atoms with Gasteiger partial charge in [-0.2, -0.15) is 14.0 Å². The number of hydrogen-bond acceptors (Lipinski definition) is 3. The molecule has 1 unspecified atom stereocenters. The summed E-state index contributed by atoms with van der Waals surface area (Å²) in [7, 11) is 0. The number of aliphatic hydroxyl groups is 1. The summed E-state index contributed by atoms with van der Waals surface area (Å²) >= 11 is 0. The van der Waals surface area contributed by atoms with Crippen LogP contribution in [0, 0.1) is 5.95 Å². The molecule has 0 aliphatic carbocycles. The van der Waals surface area contributed by atoms with Gasteiger partial charge in [0.2, 0.25) is 5.95 Å². The van der Waals surface area contributed by atoms with Crippen LogP contribution in [0.3, 0.4) is 0 Å². The zero-order valence-electron chi connectivity index (χ0n) is 6.98. The van der Waals surface area contributed by atoms with Gasteiger partial charge in [-0.15, -0.1) is 0 Å². The summed E-state index contributed by atoms with van der Waals surface area (Å²) in [6.45, 7) is 1.57. The fraction of sp³-hybridized carbons (Fsp3) is 0.250. The van der Waals surface area contributed by atoms with Gasteiger partial charge in [0.05, 0.1) is 18.0 Å². The van der Waals surface area contributed by atoms with E-state index in [9.17, 15) is 9.50 Å². The van der Waals surface area contributed by atoms with E-state index in [2.05, 4.69) is 10.1 Å². The molecule has 2 rings (SSSR count). The van der Waals surface area contributed by atoms with Gasteiger partial charge >= 0.3 is 0 Å². The highest BCUT2D eigenvalue weighted by molar-refractivity contribution is 5.36. The maximum absolute atomic E-state index is 12.9. The van der Waals surface area contributed by atoms with Crippen LogP contribution in [-0.2, 0) is 0 Å². The van der Waals surface area contributed by atoms with Crippen molar-refractivity contribution in [2.45, 2.75) is 13.0 Å². The van der Waals surface area contributed by atoms with E-state index in [1.807, 2.05) is 0 Å². The molecule has 2 aromatic heterocycles. The minimum Gasteiger partial charge on any atom is -0.387 e. The molecule has 68 valence electrons. The molecule has 0 aromatic carbocycles. The SMILES string of the molecule is CC(O)c1ccc2ncc(F)n2n1. The fourth-order valence-electron chi connectivity index (χ4n) is 1.08. The molecule has 5 heteroatoms. The summed E-state index contributed by atoms with van der Waals surface area (Å²) in [6, 6.07) is 3.23. The molecule has 1 N–H and O–H groups in total. The predicted molar refractivity (Wildman–Crippen MR) is 43.6 cm³/mol. The highest BCUT2D eigenvalue weighted by Crippen LogP contribution is 2.10. The number of fused-ring (bicyclic) bond motifs is 1. The number of hydrogen-bond donors (Lipinski definition) is 1. The van der Waals surface area contributed by atoms with Gasteiger partial charge in [0.15, 0.2) is 5.65 Å². The molecule has 0 aliphatic rings. The minimum atomic E-state index is -0.703. The van der Waals surface area contributed by atoms with Crippen LogP contribution in [0.15, 0.2) is 18.3 Å². The van der Waals surface area contributed by atoms with Crippen molar-refractivity contribution in [3.63, 3.8) is 0 Å². The fourth-order valence-corrected chi connectivity index (χ4v) is 1.08. The molecule has 0 bridgehead atoms. The third-order valence-electron chi connectivity index (χ3n) is 1.77. The third kappa shape index (κ3) is 1.27. The van der Waals surface area contributed by atoms with Crippen molar-refractivity contribution in [1.82, 2.24) is 14.6 Å². The van der Waals surface area contributed by atoms with Gasteiger partial charge in [0.1, 0.15) is 0 Å². The van der Waals surface area contributed by atoms with E-state index in [0.717, 1.165) is 10.7 Å². The van der Waals surface area contributed by atoms with Crippen molar-refractivity contribution < 1.29 is 9.50 Å². The molecule has 0 saturated carbocycles. The van der Waals surface area contributed by atoms with Crippen molar-refractivity contribution in [3.8, 4) is 0 Å². The lowest BCUT2D eigenvalue weighted by atomic mass is 10.3. The Hall–Kier alpha value is -1.49. The molecule has 0 spiro atoms. The quantitative estimate of drug-likeness (QED) is 0.711. The molecule has 0 aliphatic heterocycles. The Labute approximate surface area is 73.6 Å². The van der Waals surface area contributed by atoms with Crippen LogP contribution in [0.1, 0.15) is 18.7 Å². The van der Waals surface area contributed by atoms with Gasteiger partial charge in [-0.1, -0.05) is 0 Å². The third-order valence-corrected chi connectivity index (χ3v) is 1.77. The molecule has 1 atom stereocenters. The highest BCUT2D eigenvalue weighted by Gasteiger charge is 2.07. The second-order valence-electron chi connectivity index (χ2n) is 2.79. The molecule has 0 amide bonds. The zero-order valence-corrected chi connectivity index (χ0v) is 6.98. The van der Waals surface area contributed by atoms with Gasteiger partial charge in [0.25, 0.3) is 0 Å². The van der Waals surface area contributed by atoms with E-state index in [4.69, 9.17) is 0 Å². The highest BCUT2D eigenvalue weighted by atomic mass is 19.1. The summed E-state index contributed by atoms with van der Waals surface area (Å²) in [6.07, 6.45) is 0.389. The van der Waals surface area contributed by atoms with E-state index < -0.39 is 12.1 Å². The van der Waals surface area contributed by atoms with Gasteiger partial charge in [-0.25, -0.2) is 4.98 Å². The number of aliphatic hydroxyl groups excluding tert-OH is 1. The van der Waals surface area contributed by atoms with Crippen LogP contribution in [0.25, 0.3) is 5.65 Å². The molecule has 2 heterocycles. The molecule has 0 radical (unpaired) electrons. The maximum Gasteiger partial charge on any atom is 0.234 e. The first-order valence-electron chi connectivity index (χ1n) is 3.87. The lowest BCUT2D eigenvalue weighted by Crippen LogP contribution is -2.02. The van der Waals surface area contributed by atoms with Crippen molar-refractivity contribution >= 4 is 5.65 Å². The summed E-state index contributed by atoms with van der Waals surface area (Å²) in [5.74, 6) is -0.530. The largest absolute Gasteiger partial charge is 0.387 e. The van der Waals surface area contributed by atoms with Crippen LogP contribution >= 0.6 is 0 Å². The van der Waals surface area contributed by atoms with E-state index in [1.54, 1.807) is 19.1 Å². The van der Waals surface area contributed by atoms with Gasteiger partial charge in [0, 0.05) is 0 Å². The number of nitrogens with zero attached hydrogens (tertiary/aromatic N) is 3. The summed E-state index contributed by atoms with van der Waals surface area (Å²) in [4.78, 5) is 3.76. The van der Waals surface area contributed by atoms with Crippen LogP contribution < -0.4 is 0 Å². The van der Waals surface area contributed by atoms with Crippen molar-refractivity contribution in [3.05, 3.63) is 30.0 Å². The first kappa shape index (κ1) is 8.12. The Bertz CT molecular complexity index is 438. The summed E-state index contributed by atoms with van der Waals surface area (Å²) < 4.78 is 14.0. The Kier molecular flexibility index (Phi) is 1.73. The predicted octanol–water partition coefficient (Wildman–Crippen LogP) is 0.922. The van der Waals surface area contributed by atoms with E-state index in [1.165, 1.54) is 0 Å². The van der Waals surface area contributed by atoms with Crippen molar-refractivity contribution in [1.29, 1.82) is 0 Å².